The Kier molecular flexibility index (Phi) is 3.18. The number of fused-ring (bicyclic) bond motifs is 1. The van der Waals surface area contributed by atoms with Gasteiger partial charge in [-0.1, -0.05) is 42.8 Å². The van der Waals surface area contributed by atoms with Crippen molar-refractivity contribution in [2.45, 2.75) is 26.3 Å². The summed E-state index contributed by atoms with van der Waals surface area (Å²) in [5.41, 5.74) is 5.36. The normalized spacial score (nSPS) is 16.7. The zero-order chi connectivity index (χ0) is 14.1. The largest absolute Gasteiger partial charge is 0.370 e. The first-order valence-electron chi connectivity index (χ1n) is 6.95. The number of aryl methyl sites for hydroxylation is 2. The highest BCUT2D eigenvalue weighted by molar-refractivity contribution is 6.04. The Morgan fingerprint density at radius 3 is 2.80 bits per heavy atom. The third-order valence-corrected chi connectivity index (χ3v) is 3.74. The molecule has 1 aliphatic heterocycles. The highest BCUT2D eigenvalue weighted by Crippen LogP contribution is 2.34. The van der Waals surface area contributed by atoms with E-state index in [9.17, 15) is 4.79 Å². The van der Waals surface area contributed by atoms with Crippen LogP contribution in [0, 0.1) is 6.92 Å². The summed E-state index contributed by atoms with van der Waals surface area (Å²) in [7, 11) is 0. The maximum atomic E-state index is 12.2. The minimum atomic E-state index is -0.308. The summed E-state index contributed by atoms with van der Waals surface area (Å²) in [6.45, 7) is 4.16. The van der Waals surface area contributed by atoms with Crippen molar-refractivity contribution < 1.29 is 4.79 Å². The fourth-order valence-corrected chi connectivity index (χ4v) is 2.65. The van der Waals surface area contributed by atoms with Gasteiger partial charge in [0.05, 0.1) is 0 Å². The second-order valence-corrected chi connectivity index (χ2v) is 5.17. The van der Waals surface area contributed by atoms with Gasteiger partial charge in [-0.15, -0.1) is 0 Å². The molecule has 2 N–H and O–H groups in total. The quantitative estimate of drug-likeness (QED) is 0.890. The van der Waals surface area contributed by atoms with Crippen LogP contribution in [-0.4, -0.2) is 5.91 Å². The van der Waals surface area contributed by atoms with E-state index in [1.807, 2.05) is 37.3 Å². The zero-order valence-corrected chi connectivity index (χ0v) is 11.7. The third-order valence-electron chi connectivity index (χ3n) is 3.74. The summed E-state index contributed by atoms with van der Waals surface area (Å²) in [6, 6.07) is 13.9. The van der Waals surface area contributed by atoms with Crippen LogP contribution in [0.15, 0.2) is 42.5 Å². The Morgan fingerprint density at radius 2 is 2.00 bits per heavy atom. The highest BCUT2D eigenvalue weighted by atomic mass is 16.2. The van der Waals surface area contributed by atoms with Crippen molar-refractivity contribution in [3.05, 3.63) is 59.2 Å². The summed E-state index contributed by atoms with van der Waals surface area (Å²) in [5.74, 6) is 0.0107. The van der Waals surface area contributed by atoms with Gasteiger partial charge in [-0.05, 0) is 31.0 Å². The van der Waals surface area contributed by atoms with E-state index < -0.39 is 0 Å². The highest BCUT2D eigenvalue weighted by Gasteiger charge is 2.30. The molecule has 3 heteroatoms. The molecule has 1 amide bonds. The Bertz CT molecular complexity index is 664. The van der Waals surface area contributed by atoms with Gasteiger partial charge in [0.2, 0.25) is 0 Å². The zero-order valence-electron chi connectivity index (χ0n) is 11.7. The molecule has 1 aliphatic rings. The number of para-hydroxylation sites is 1. The smallest absolute Gasteiger partial charge is 0.251 e. The summed E-state index contributed by atoms with van der Waals surface area (Å²) < 4.78 is 0. The first kappa shape index (κ1) is 12.7. The summed E-state index contributed by atoms with van der Waals surface area (Å²) in [6.07, 6.45) is 0.943. The standard InChI is InChI=1S/C17H18N2O/c1-3-12-6-4-5-7-14(12)18-16-13-10-11(2)8-9-15(13)19-17(16)20/h4-10,16,18H,3H2,1-2H3,(H,19,20). The number of carbonyl (C=O) groups excluding carboxylic acids is 1. The second-order valence-electron chi connectivity index (χ2n) is 5.17. The fraction of sp³-hybridized carbons (Fsp3) is 0.235. The second kappa shape index (κ2) is 5.00. The average molecular weight is 266 g/mol. The molecule has 3 rings (SSSR count). The molecule has 2 aromatic rings. The van der Waals surface area contributed by atoms with E-state index in [2.05, 4.69) is 29.7 Å². The molecule has 1 heterocycles. The molecule has 0 aliphatic carbocycles. The van der Waals surface area contributed by atoms with Crippen LogP contribution in [0.1, 0.15) is 29.7 Å². The van der Waals surface area contributed by atoms with Crippen LogP contribution in [0.4, 0.5) is 11.4 Å². The summed E-state index contributed by atoms with van der Waals surface area (Å²) >= 11 is 0. The summed E-state index contributed by atoms with van der Waals surface area (Å²) in [5, 5.41) is 6.31. The summed E-state index contributed by atoms with van der Waals surface area (Å²) in [4.78, 5) is 12.2. The van der Waals surface area contributed by atoms with E-state index in [1.54, 1.807) is 0 Å². The third kappa shape index (κ3) is 2.16. The molecule has 102 valence electrons. The van der Waals surface area contributed by atoms with Crippen LogP contribution >= 0.6 is 0 Å². The molecule has 0 spiro atoms. The monoisotopic (exact) mass is 266 g/mol. The Labute approximate surface area is 119 Å². The molecule has 3 nitrogen and oxygen atoms in total. The van der Waals surface area contributed by atoms with Gasteiger partial charge in [0.25, 0.3) is 5.91 Å². The number of benzene rings is 2. The van der Waals surface area contributed by atoms with Crippen LogP contribution in [-0.2, 0) is 11.2 Å². The van der Waals surface area contributed by atoms with E-state index in [1.165, 1.54) is 5.56 Å². The SMILES string of the molecule is CCc1ccccc1NC1C(=O)Nc2ccc(C)cc21. The van der Waals surface area contributed by atoms with E-state index in [-0.39, 0.29) is 11.9 Å². The molecule has 2 aromatic carbocycles. The predicted molar refractivity (Wildman–Crippen MR) is 82.0 cm³/mol. The van der Waals surface area contributed by atoms with Crippen LogP contribution in [0.3, 0.4) is 0 Å². The molecule has 1 unspecified atom stereocenters. The number of carbonyl (C=O) groups is 1. The molecule has 0 fully saturated rings. The Hall–Kier alpha value is -2.29. The number of nitrogens with one attached hydrogen (secondary N) is 2. The van der Waals surface area contributed by atoms with Gasteiger partial charge in [0, 0.05) is 16.9 Å². The van der Waals surface area contributed by atoms with Gasteiger partial charge >= 0.3 is 0 Å². The van der Waals surface area contributed by atoms with Gasteiger partial charge in [-0.2, -0.15) is 0 Å². The Morgan fingerprint density at radius 1 is 1.20 bits per heavy atom. The number of amides is 1. The van der Waals surface area contributed by atoms with Gasteiger partial charge in [0.1, 0.15) is 6.04 Å². The van der Waals surface area contributed by atoms with Crippen LogP contribution < -0.4 is 10.6 Å². The Balaban J connectivity index is 1.96. The maximum Gasteiger partial charge on any atom is 0.251 e. The molecule has 0 saturated carbocycles. The number of rotatable bonds is 3. The lowest BCUT2D eigenvalue weighted by atomic mass is 10.0. The topological polar surface area (TPSA) is 41.1 Å². The molecular weight excluding hydrogens is 248 g/mol. The predicted octanol–water partition coefficient (Wildman–Crippen LogP) is 3.66. The molecular formula is C17H18N2O. The van der Waals surface area contributed by atoms with Crippen molar-refractivity contribution >= 4 is 17.3 Å². The van der Waals surface area contributed by atoms with Crippen molar-refractivity contribution in [3.63, 3.8) is 0 Å². The van der Waals surface area contributed by atoms with Gasteiger partial charge in [0.15, 0.2) is 0 Å². The molecule has 0 radical (unpaired) electrons. The van der Waals surface area contributed by atoms with Crippen LogP contribution in [0.5, 0.6) is 0 Å². The first-order chi connectivity index (χ1) is 9.69. The molecule has 0 saturated heterocycles. The van der Waals surface area contributed by atoms with Crippen molar-refractivity contribution in [1.29, 1.82) is 0 Å². The van der Waals surface area contributed by atoms with Crippen molar-refractivity contribution in [2.75, 3.05) is 10.6 Å². The fourth-order valence-electron chi connectivity index (χ4n) is 2.65. The maximum absolute atomic E-state index is 12.2. The van der Waals surface area contributed by atoms with E-state index in [4.69, 9.17) is 0 Å². The van der Waals surface area contributed by atoms with Crippen molar-refractivity contribution in [3.8, 4) is 0 Å². The van der Waals surface area contributed by atoms with Crippen molar-refractivity contribution in [2.24, 2.45) is 0 Å². The van der Waals surface area contributed by atoms with Gasteiger partial charge in [-0.25, -0.2) is 0 Å². The first-order valence-corrected chi connectivity index (χ1v) is 6.95. The molecule has 20 heavy (non-hydrogen) atoms. The number of hydrogen-bond donors (Lipinski definition) is 2. The van der Waals surface area contributed by atoms with Crippen LogP contribution in [0.25, 0.3) is 0 Å². The van der Waals surface area contributed by atoms with E-state index in [0.29, 0.717) is 0 Å². The van der Waals surface area contributed by atoms with Crippen LogP contribution in [0.2, 0.25) is 0 Å². The number of anilines is 2. The molecule has 1 atom stereocenters. The minimum Gasteiger partial charge on any atom is -0.370 e. The van der Waals surface area contributed by atoms with Gasteiger partial charge in [-0.3, -0.25) is 4.79 Å². The lowest BCUT2D eigenvalue weighted by Crippen LogP contribution is -2.20. The van der Waals surface area contributed by atoms with Crippen molar-refractivity contribution in [1.82, 2.24) is 0 Å². The van der Waals surface area contributed by atoms with Gasteiger partial charge < -0.3 is 10.6 Å². The molecule has 0 bridgehead atoms. The van der Waals surface area contributed by atoms with E-state index in [0.717, 1.165) is 28.9 Å². The van der Waals surface area contributed by atoms with E-state index >= 15 is 0 Å². The average Bonchev–Trinajstić information content (AvgIpc) is 2.76. The number of hydrogen-bond acceptors (Lipinski definition) is 2. The lowest BCUT2D eigenvalue weighted by Gasteiger charge is -2.16. The lowest BCUT2D eigenvalue weighted by molar-refractivity contribution is -0.116. The minimum absolute atomic E-state index is 0.0107. The molecule has 0 aromatic heterocycles.